The zero-order valence-corrected chi connectivity index (χ0v) is 10.8. The van der Waals surface area contributed by atoms with Crippen molar-refractivity contribution in [2.45, 2.75) is 19.8 Å². The van der Waals surface area contributed by atoms with Crippen LogP contribution in [-0.2, 0) is 0 Å². The van der Waals surface area contributed by atoms with E-state index in [-0.39, 0.29) is 24.6 Å². The van der Waals surface area contributed by atoms with Gasteiger partial charge in [0.15, 0.2) is 0 Å². The molecule has 1 aromatic rings. The number of halogens is 1. The van der Waals surface area contributed by atoms with Gasteiger partial charge in [-0.25, -0.2) is 9.18 Å². The predicted molar refractivity (Wildman–Crippen MR) is 72.3 cm³/mol. The molecule has 1 rings (SSSR count). The summed E-state index contributed by atoms with van der Waals surface area (Å²) in [6.45, 7) is 2.47. The molecule has 4 nitrogen and oxygen atoms in total. The highest BCUT2D eigenvalue weighted by Gasteiger charge is 2.04. The Bertz CT molecular complexity index is 492. The standard InChI is InChI=1S/C14H17FN2O2/c1-2-8-16-14(19)17-12-6-7-13(15)11(10-12)5-3-4-9-18/h6-7,10,18H,2,4,8-9H2,1H3,(H2,16,17,19). The number of benzene rings is 1. The Hall–Kier alpha value is -2.06. The molecule has 0 atom stereocenters. The first-order chi connectivity index (χ1) is 9.17. The number of aliphatic hydroxyl groups is 1. The summed E-state index contributed by atoms with van der Waals surface area (Å²) in [5.74, 6) is 4.80. The highest BCUT2D eigenvalue weighted by atomic mass is 19.1. The van der Waals surface area contributed by atoms with Crippen LogP contribution in [0.15, 0.2) is 18.2 Å². The molecule has 3 N–H and O–H groups in total. The van der Waals surface area contributed by atoms with Gasteiger partial charge in [-0.05, 0) is 24.6 Å². The van der Waals surface area contributed by atoms with Crippen LogP contribution < -0.4 is 10.6 Å². The second-order valence-electron chi connectivity index (χ2n) is 3.85. The maximum absolute atomic E-state index is 13.4. The number of anilines is 1. The average Bonchev–Trinajstić information content (AvgIpc) is 2.40. The van der Waals surface area contributed by atoms with E-state index < -0.39 is 5.82 Å². The van der Waals surface area contributed by atoms with E-state index in [4.69, 9.17) is 5.11 Å². The van der Waals surface area contributed by atoms with Crippen LogP contribution in [0, 0.1) is 17.7 Å². The maximum atomic E-state index is 13.4. The van der Waals surface area contributed by atoms with Crippen LogP contribution in [0.5, 0.6) is 0 Å². The second kappa shape index (κ2) is 8.11. The SMILES string of the molecule is CCCNC(=O)Nc1ccc(F)c(C#CCCO)c1. The highest BCUT2D eigenvalue weighted by molar-refractivity contribution is 5.89. The van der Waals surface area contributed by atoms with Gasteiger partial charge in [0.25, 0.3) is 0 Å². The number of aliphatic hydroxyl groups excluding tert-OH is 1. The van der Waals surface area contributed by atoms with Gasteiger partial charge in [0.2, 0.25) is 0 Å². The third kappa shape index (κ3) is 5.40. The van der Waals surface area contributed by atoms with Crippen LogP contribution in [0.1, 0.15) is 25.3 Å². The lowest BCUT2D eigenvalue weighted by atomic mass is 10.2. The van der Waals surface area contributed by atoms with Crippen molar-refractivity contribution >= 4 is 11.7 Å². The zero-order chi connectivity index (χ0) is 14.1. The first-order valence-electron chi connectivity index (χ1n) is 6.11. The smallest absolute Gasteiger partial charge is 0.319 e. The Labute approximate surface area is 112 Å². The minimum absolute atomic E-state index is 0.0635. The summed E-state index contributed by atoms with van der Waals surface area (Å²) < 4.78 is 13.4. The Kier molecular flexibility index (Phi) is 6.41. The highest BCUT2D eigenvalue weighted by Crippen LogP contribution is 2.13. The van der Waals surface area contributed by atoms with Crippen LogP contribution in [-0.4, -0.2) is 24.3 Å². The van der Waals surface area contributed by atoms with Gasteiger partial charge >= 0.3 is 6.03 Å². The molecule has 102 valence electrons. The molecule has 2 amide bonds. The summed E-state index contributed by atoms with van der Waals surface area (Å²) in [5, 5.41) is 13.9. The van der Waals surface area contributed by atoms with Gasteiger partial charge in [-0.3, -0.25) is 0 Å². The lowest BCUT2D eigenvalue weighted by Gasteiger charge is -2.07. The Balaban J connectivity index is 2.73. The quantitative estimate of drug-likeness (QED) is 0.729. The number of nitrogens with one attached hydrogen (secondary N) is 2. The number of urea groups is 1. The van der Waals surface area contributed by atoms with Crippen LogP contribution in [0.4, 0.5) is 14.9 Å². The maximum Gasteiger partial charge on any atom is 0.319 e. The first kappa shape index (κ1) is 15.0. The summed E-state index contributed by atoms with van der Waals surface area (Å²) in [5.41, 5.74) is 0.671. The number of hydrogen-bond donors (Lipinski definition) is 3. The molecule has 0 aliphatic carbocycles. The normalized spacial score (nSPS) is 9.42. The van der Waals surface area contributed by atoms with E-state index >= 15 is 0 Å². The van der Waals surface area contributed by atoms with Crippen LogP contribution in [0.25, 0.3) is 0 Å². The van der Waals surface area contributed by atoms with Crippen LogP contribution in [0.3, 0.4) is 0 Å². The van der Waals surface area contributed by atoms with Crippen molar-refractivity contribution in [1.29, 1.82) is 0 Å². The van der Waals surface area contributed by atoms with Gasteiger partial charge in [-0.15, -0.1) is 0 Å². The first-order valence-corrected chi connectivity index (χ1v) is 6.11. The monoisotopic (exact) mass is 264 g/mol. The molecule has 0 unspecified atom stereocenters. The summed E-state index contributed by atoms with van der Waals surface area (Å²) in [7, 11) is 0. The minimum Gasteiger partial charge on any atom is -0.395 e. The molecule has 0 spiro atoms. The number of carbonyl (C=O) groups excluding carboxylic acids is 1. The molecule has 0 heterocycles. The van der Waals surface area contributed by atoms with Gasteiger partial charge in [-0.2, -0.15) is 0 Å². The molecule has 0 aliphatic rings. The molecule has 19 heavy (non-hydrogen) atoms. The molecule has 5 heteroatoms. The third-order valence-electron chi connectivity index (χ3n) is 2.22. The van der Waals surface area contributed by atoms with Crippen molar-refractivity contribution in [3.8, 4) is 11.8 Å². The summed E-state index contributed by atoms with van der Waals surface area (Å²) in [4.78, 5) is 11.4. The van der Waals surface area contributed by atoms with Crippen molar-refractivity contribution in [2.24, 2.45) is 0 Å². The fourth-order valence-electron chi connectivity index (χ4n) is 1.33. The van der Waals surface area contributed by atoms with Crippen molar-refractivity contribution in [3.63, 3.8) is 0 Å². The lowest BCUT2D eigenvalue weighted by molar-refractivity contribution is 0.252. The van der Waals surface area contributed by atoms with Crippen molar-refractivity contribution in [3.05, 3.63) is 29.6 Å². The molecule has 0 fully saturated rings. The van der Waals surface area contributed by atoms with Crippen molar-refractivity contribution < 1.29 is 14.3 Å². The third-order valence-corrected chi connectivity index (χ3v) is 2.22. The minimum atomic E-state index is -0.454. The van der Waals surface area contributed by atoms with Crippen LogP contribution >= 0.6 is 0 Å². The van der Waals surface area contributed by atoms with E-state index in [1.807, 2.05) is 6.92 Å². The Morgan fingerprint density at radius 2 is 2.26 bits per heavy atom. The molecule has 0 radical (unpaired) electrons. The van der Waals surface area contributed by atoms with Gasteiger partial charge in [0, 0.05) is 18.7 Å². The second-order valence-corrected chi connectivity index (χ2v) is 3.85. The molecule has 0 bridgehead atoms. The van der Waals surface area contributed by atoms with E-state index in [0.29, 0.717) is 12.2 Å². The molecular formula is C14H17FN2O2. The Morgan fingerprint density at radius 1 is 1.47 bits per heavy atom. The summed E-state index contributed by atoms with van der Waals surface area (Å²) >= 11 is 0. The molecule has 0 saturated heterocycles. The van der Waals surface area contributed by atoms with E-state index in [0.717, 1.165) is 6.42 Å². The average molecular weight is 264 g/mol. The fraction of sp³-hybridized carbons (Fsp3) is 0.357. The fourth-order valence-corrected chi connectivity index (χ4v) is 1.33. The molecule has 0 aliphatic heterocycles. The molecule has 0 aromatic heterocycles. The Morgan fingerprint density at radius 3 is 2.95 bits per heavy atom. The number of rotatable bonds is 4. The van der Waals surface area contributed by atoms with E-state index in [9.17, 15) is 9.18 Å². The summed E-state index contributed by atoms with van der Waals surface area (Å²) in [6, 6.07) is 3.85. The van der Waals surface area contributed by atoms with Crippen molar-refractivity contribution in [2.75, 3.05) is 18.5 Å². The number of hydrogen-bond acceptors (Lipinski definition) is 2. The topological polar surface area (TPSA) is 61.4 Å². The lowest BCUT2D eigenvalue weighted by Crippen LogP contribution is -2.29. The number of amides is 2. The van der Waals surface area contributed by atoms with Crippen molar-refractivity contribution in [1.82, 2.24) is 5.32 Å². The van der Waals surface area contributed by atoms with E-state index in [1.54, 1.807) is 0 Å². The van der Waals surface area contributed by atoms with Crippen LogP contribution in [0.2, 0.25) is 0 Å². The predicted octanol–water partition coefficient (Wildman–Crippen LogP) is 2.09. The van der Waals surface area contributed by atoms with E-state index in [2.05, 4.69) is 22.5 Å². The summed E-state index contributed by atoms with van der Waals surface area (Å²) in [6.07, 6.45) is 1.13. The van der Waals surface area contributed by atoms with Gasteiger partial charge in [-0.1, -0.05) is 18.8 Å². The molecular weight excluding hydrogens is 247 g/mol. The van der Waals surface area contributed by atoms with Gasteiger partial charge in [0.1, 0.15) is 5.82 Å². The van der Waals surface area contributed by atoms with Gasteiger partial charge in [0.05, 0.1) is 12.2 Å². The van der Waals surface area contributed by atoms with Gasteiger partial charge < -0.3 is 15.7 Å². The molecule has 1 aromatic carbocycles. The van der Waals surface area contributed by atoms with E-state index in [1.165, 1.54) is 18.2 Å². The molecule has 0 saturated carbocycles. The largest absolute Gasteiger partial charge is 0.395 e. The zero-order valence-electron chi connectivity index (χ0n) is 10.8. The number of carbonyl (C=O) groups is 1.